The molecule has 1 fully saturated rings. The Morgan fingerprint density at radius 1 is 1.37 bits per heavy atom. The SMILES string of the molecule is CCNc1cc(CN(C)C2CCCCC2C)ccn1. The maximum atomic E-state index is 4.33. The van der Waals surface area contributed by atoms with Crippen LogP contribution >= 0.6 is 0 Å². The molecule has 3 nitrogen and oxygen atoms in total. The zero-order chi connectivity index (χ0) is 13.7. The topological polar surface area (TPSA) is 28.2 Å². The smallest absolute Gasteiger partial charge is 0.126 e. The van der Waals surface area contributed by atoms with E-state index in [9.17, 15) is 0 Å². The molecule has 0 aromatic carbocycles. The average molecular weight is 261 g/mol. The van der Waals surface area contributed by atoms with Crippen LogP contribution in [0.1, 0.15) is 45.1 Å². The Morgan fingerprint density at radius 3 is 2.89 bits per heavy atom. The van der Waals surface area contributed by atoms with Crippen molar-refractivity contribution < 1.29 is 0 Å². The van der Waals surface area contributed by atoms with Gasteiger partial charge >= 0.3 is 0 Å². The molecule has 2 rings (SSSR count). The zero-order valence-electron chi connectivity index (χ0n) is 12.5. The predicted octanol–water partition coefficient (Wildman–Crippen LogP) is 3.52. The van der Waals surface area contributed by atoms with Crippen molar-refractivity contribution in [2.45, 2.75) is 52.1 Å². The van der Waals surface area contributed by atoms with Crippen molar-refractivity contribution in [2.75, 3.05) is 18.9 Å². The first-order valence-corrected chi connectivity index (χ1v) is 7.59. The lowest BCUT2D eigenvalue weighted by Gasteiger charge is -2.36. The van der Waals surface area contributed by atoms with Gasteiger partial charge in [-0.2, -0.15) is 0 Å². The Hall–Kier alpha value is -1.09. The summed E-state index contributed by atoms with van der Waals surface area (Å²) in [7, 11) is 2.26. The van der Waals surface area contributed by atoms with Crippen molar-refractivity contribution in [2.24, 2.45) is 5.92 Å². The highest BCUT2D eigenvalue weighted by molar-refractivity contribution is 5.37. The van der Waals surface area contributed by atoms with E-state index < -0.39 is 0 Å². The minimum atomic E-state index is 0.740. The maximum absolute atomic E-state index is 4.33. The van der Waals surface area contributed by atoms with Crippen LogP contribution in [0.2, 0.25) is 0 Å². The van der Waals surface area contributed by atoms with Crippen LogP contribution < -0.4 is 5.32 Å². The molecule has 1 aliphatic rings. The number of hydrogen-bond donors (Lipinski definition) is 1. The van der Waals surface area contributed by atoms with Crippen LogP contribution in [-0.2, 0) is 6.54 Å². The van der Waals surface area contributed by atoms with Crippen molar-refractivity contribution in [3.05, 3.63) is 23.9 Å². The molecule has 0 spiro atoms. The standard InChI is InChI=1S/C16H27N3/c1-4-17-16-11-14(9-10-18-16)12-19(3)15-8-6-5-7-13(15)2/h9-11,13,15H,4-8,12H2,1-3H3,(H,17,18). The molecule has 2 atom stereocenters. The van der Waals surface area contributed by atoms with Crippen molar-refractivity contribution in [3.8, 4) is 0 Å². The van der Waals surface area contributed by atoms with E-state index in [0.29, 0.717) is 0 Å². The molecule has 1 saturated carbocycles. The van der Waals surface area contributed by atoms with Gasteiger partial charge in [-0.15, -0.1) is 0 Å². The minimum Gasteiger partial charge on any atom is -0.370 e. The van der Waals surface area contributed by atoms with Crippen LogP contribution in [0.25, 0.3) is 0 Å². The molecule has 1 aromatic rings. The zero-order valence-corrected chi connectivity index (χ0v) is 12.5. The first kappa shape index (κ1) is 14.3. The molecule has 0 radical (unpaired) electrons. The molecule has 19 heavy (non-hydrogen) atoms. The van der Waals surface area contributed by atoms with Crippen molar-refractivity contribution in [1.82, 2.24) is 9.88 Å². The van der Waals surface area contributed by atoms with E-state index in [-0.39, 0.29) is 0 Å². The van der Waals surface area contributed by atoms with Crippen LogP contribution in [0.15, 0.2) is 18.3 Å². The van der Waals surface area contributed by atoms with Gasteiger partial charge < -0.3 is 5.32 Å². The Labute approximate surface area is 117 Å². The highest BCUT2D eigenvalue weighted by Gasteiger charge is 2.24. The summed E-state index contributed by atoms with van der Waals surface area (Å²) in [5.41, 5.74) is 1.35. The molecule has 2 unspecified atom stereocenters. The van der Waals surface area contributed by atoms with Crippen molar-refractivity contribution >= 4 is 5.82 Å². The van der Waals surface area contributed by atoms with E-state index in [2.05, 4.69) is 48.2 Å². The quantitative estimate of drug-likeness (QED) is 0.879. The number of aromatic nitrogens is 1. The summed E-state index contributed by atoms with van der Waals surface area (Å²) in [6.45, 7) is 6.45. The molecule has 0 bridgehead atoms. The number of nitrogens with zero attached hydrogens (tertiary/aromatic N) is 2. The van der Waals surface area contributed by atoms with Crippen molar-refractivity contribution in [1.29, 1.82) is 0 Å². The van der Waals surface area contributed by atoms with Crippen LogP contribution in [-0.4, -0.2) is 29.5 Å². The van der Waals surface area contributed by atoms with E-state index in [1.165, 1.54) is 31.2 Å². The lowest BCUT2D eigenvalue weighted by molar-refractivity contribution is 0.133. The fourth-order valence-electron chi connectivity index (χ4n) is 3.21. The molecular formula is C16H27N3. The summed E-state index contributed by atoms with van der Waals surface area (Å²) in [5.74, 6) is 1.82. The molecule has 1 aliphatic carbocycles. The second-order valence-corrected chi connectivity index (χ2v) is 5.82. The van der Waals surface area contributed by atoms with Gasteiger partial charge in [0.25, 0.3) is 0 Å². The second-order valence-electron chi connectivity index (χ2n) is 5.82. The monoisotopic (exact) mass is 261 g/mol. The molecule has 1 heterocycles. The molecular weight excluding hydrogens is 234 g/mol. The minimum absolute atomic E-state index is 0.740. The highest BCUT2D eigenvalue weighted by Crippen LogP contribution is 2.28. The largest absolute Gasteiger partial charge is 0.370 e. The lowest BCUT2D eigenvalue weighted by Crippen LogP contribution is -2.38. The first-order valence-electron chi connectivity index (χ1n) is 7.59. The summed E-state index contributed by atoms with van der Waals surface area (Å²) in [6, 6.07) is 5.04. The third-order valence-electron chi connectivity index (χ3n) is 4.25. The van der Waals surface area contributed by atoms with Crippen molar-refractivity contribution in [3.63, 3.8) is 0 Å². The average Bonchev–Trinajstić information content (AvgIpc) is 2.40. The Balaban J connectivity index is 1.97. The van der Waals surface area contributed by atoms with Crippen LogP contribution in [0, 0.1) is 5.92 Å². The second kappa shape index (κ2) is 6.90. The fraction of sp³-hybridized carbons (Fsp3) is 0.688. The summed E-state index contributed by atoms with van der Waals surface area (Å²) in [6.07, 6.45) is 7.44. The van der Waals surface area contributed by atoms with Gasteiger partial charge in [0.2, 0.25) is 0 Å². The summed E-state index contributed by atoms with van der Waals surface area (Å²) < 4.78 is 0. The molecule has 1 N–H and O–H groups in total. The first-order chi connectivity index (χ1) is 9.20. The van der Waals surface area contributed by atoms with Crippen LogP contribution in [0.5, 0.6) is 0 Å². The van der Waals surface area contributed by atoms with Gasteiger partial charge in [0.1, 0.15) is 5.82 Å². The number of rotatable bonds is 5. The van der Waals surface area contributed by atoms with E-state index in [1.807, 2.05) is 6.20 Å². The third-order valence-corrected chi connectivity index (χ3v) is 4.25. The fourth-order valence-corrected chi connectivity index (χ4v) is 3.21. The van der Waals surface area contributed by atoms with E-state index in [4.69, 9.17) is 0 Å². The van der Waals surface area contributed by atoms with E-state index >= 15 is 0 Å². The lowest BCUT2D eigenvalue weighted by atomic mass is 9.85. The normalized spacial score (nSPS) is 23.6. The number of anilines is 1. The number of hydrogen-bond acceptors (Lipinski definition) is 3. The molecule has 3 heteroatoms. The maximum Gasteiger partial charge on any atom is 0.126 e. The Morgan fingerprint density at radius 2 is 2.16 bits per heavy atom. The van der Waals surface area contributed by atoms with Gasteiger partial charge in [-0.05, 0) is 50.4 Å². The van der Waals surface area contributed by atoms with E-state index in [1.54, 1.807) is 0 Å². The van der Waals surface area contributed by atoms with Gasteiger partial charge in [-0.25, -0.2) is 4.98 Å². The number of pyridine rings is 1. The Bertz CT molecular complexity index is 391. The van der Waals surface area contributed by atoms with Gasteiger partial charge in [0, 0.05) is 25.3 Å². The number of nitrogens with one attached hydrogen (secondary N) is 1. The van der Waals surface area contributed by atoms with Gasteiger partial charge in [-0.1, -0.05) is 19.8 Å². The molecule has 1 aromatic heterocycles. The molecule has 0 amide bonds. The Kier molecular flexibility index (Phi) is 5.20. The highest BCUT2D eigenvalue weighted by atomic mass is 15.1. The van der Waals surface area contributed by atoms with E-state index in [0.717, 1.165) is 30.9 Å². The predicted molar refractivity (Wildman–Crippen MR) is 81.3 cm³/mol. The van der Waals surface area contributed by atoms with Gasteiger partial charge in [0.05, 0.1) is 0 Å². The molecule has 106 valence electrons. The summed E-state index contributed by atoms with van der Waals surface area (Å²) >= 11 is 0. The van der Waals surface area contributed by atoms with Crippen LogP contribution in [0.4, 0.5) is 5.82 Å². The van der Waals surface area contributed by atoms with Crippen LogP contribution in [0.3, 0.4) is 0 Å². The molecule has 0 saturated heterocycles. The van der Waals surface area contributed by atoms with Gasteiger partial charge in [0.15, 0.2) is 0 Å². The summed E-state index contributed by atoms with van der Waals surface area (Å²) in [5, 5.41) is 3.28. The summed E-state index contributed by atoms with van der Waals surface area (Å²) in [4.78, 5) is 6.86. The molecule has 0 aliphatic heterocycles. The van der Waals surface area contributed by atoms with Gasteiger partial charge in [-0.3, -0.25) is 4.90 Å². The third kappa shape index (κ3) is 3.93.